The molecule has 14 rings (SSSR count). The number of anilines is 4. The first kappa shape index (κ1) is 41.3. The Labute approximate surface area is 414 Å². The van der Waals surface area contributed by atoms with E-state index in [0.717, 1.165) is 56.9 Å². The van der Waals surface area contributed by atoms with Gasteiger partial charge in [-0.3, -0.25) is 4.57 Å². The van der Waals surface area contributed by atoms with Crippen molar-refractivity contribution >= 4 is 73.4 Å². The molecule has 0 aliphatic carbocycles. The summed E-state index contributed by atoms with van der Waals surface area (Å²) in [6.45, 7) is 7.39. The van der Waals surface area contributed by atoms with Gasteiger partial charge in [0.15, 0.2) is 8.07 Å². The van der Waals surface area contributed by atoms with Crippen LogP contribution >= 0.6 is 0 Å². The standard InChI is InChI=1S/C64H48N4O2Si/c1-64(2,3)44-35-36-65-60(37-44)68-52-29-18-34-58-61(52)62-53(68)39-47(40-59(62)71(58)56-32-14-12-30-54(56)70-55-31-13-15-33-57(55)71)69-46-24-16-23-45(38-46)66-41-67(51-28-11-10-27-50(51)66)63-48(42-19-6-4-7-20-42)25-17-26-49(63)43-21-8-5-9-22-43/h4-40H,41H2,1-3H3. The summed E-state index contributed by atoms with van der Waals surface area (Å²) in [7, 11) is -2.95. The van der Waals surface area contributed by atoms with Crippen LogP contribution < -0.4 is 40.0 Å². The number of pyridine rings is 1. The Balaban J connectivity index is 0.930. The van der Waals surface area contributed by atoms with Gasteiger partial charge in [0.2, 0.25) is 0 Å². The molecule has 0 radical (unpaired) electrons. The summed E-state index contributed by atoms with van der Waals surface area (Å²) in [5, 5.41) is 7.72. The van der Waals surface area contributed by atoms with E-state index < -0.39 is 8.07 Å². The van der Waals surface area contributed by atoms with Gasteiger partial charge in [0.1, 0.15) is 35.5 Å². The van der Waals surface area contributed by atoms with Gasteiger partial charge in [0.25, 0.3) is 0 Å². The molecular weight excluding hydrogens is 885 g/mol. The Morgan fingerprint density at radius 3 is 1.77 bits per heavy atom. The number of ether oxygens (including phenoxy) is 2. The van der Waals surface area contributed by atoms with Gasteiger partial charge in [-0.05, 0) is 104 Å². The molecule has 71 heavy (non-hydrogen) atoms. The third-order valence-electron chi connectivity index (χ3n) is 14.9. The van der Waals surface area contributed by atoms with Crippen molar-refractivity contribution in [1.29, 1.82) is 0 Å². The molecule has 0 N–H and O–H groups in total. The topological polar surface area (TPSA) is 42.8 Å². The SMILES string of the molecule is CC(C)(C)c1ccnc(-n2c3cccc4c3c3c(cc(Oc5cccc(N6CN(c7c(-c8ccccc8)cccc7-c7ccccc7)c7ccccc76)c5)cc32)[Si]42c3ccccc3Oc3ccccc32)c1. The van der Waals surface area contributed by atoms with Gasteiger partial charge in [0.05, 0.1) is 28.1 Å². The zero-order valence-electron chi connectivity index (χ0n) is 39.7. The predicted molar refractivity (Wildman–Crippen MR) is 294 cm³/mol. The van der Waals surface area contributed by atoms with E-state index >= 15 is 0 Å². The van der Waals surface area contributed by atoms with Crippen LogP contribution in [0.2, 0.25) is 0 Å². The van der Waals surface area contributed by atoms with Crippen LogP contribution in [0.4, 0.5) is 22.7 Å². The first-order valence-electron chi connectivity index (χ1n) is 24.5. The van der Waals surface area contributed by atoms with Crippen LogP contribution in [0.25, 0.3) is 49.9 Å². The Morgan fingerprint density at radius 2 is 1.08 bits per heavy atom. The lowest BCUT2D eigenvalue weighted by molar-refractivity contribution is 0.483. The van der Waals surface area contributed by atoms with Crippen LogP contribution in [0.15, 0.2) is 225 Å². The number of nitrogens with zero attached hydrogens (tertiary/aromatic N) is 4. The molecule has 2 aromatic heterocycles. The van der Waals surface area contributed by atoms with Crippen LogP contribution in [0.5, 0.6) is 23.0 Å². The lowest BCUT2D eigenvalue weighted by atomic mass is 9.88. The minimum Gasteiger partial charge on any atom is -0.458 e. The van der Waals surface area contributed by atoms with E-state index in [0.29, 0.717) is 6.67 Å². The monoisotopic (exact) mass is 932 g/mol. The molecule has 0 atom stereocenters. The van der Waals surface area contributed by atoms with Crippen molar-refractivity contribution in [3.63, 3.8) is 0 Å². The fraction of sp³-hybridized carbons (Fsp3) is 0.0781. The van der Waals surface area contributed by atoms with Crippen LogP contribution in [-0.2, 0) is 5.41 Å². The third kappa shape index (κ3) is 6.22. The average molecular weight is 933 g/mol. The Morgan fingerprint density at radius 1 is 0.493 bits per heavy atom. The molecule has 7 heteroatoms. The molecule has 9 aromatic carbocycles. The Bertz CT molecular complexity index is 3830. The molecule has 0 amide bonds. The summed E-state index contributed by atoms with van der Waals surface area (Å²) in [6, 6.07) is 78.7. The van der Waals surface area contributed by atoms with Gasteiger partial charge >= 0.3 is 0 Å². The molecule has 11 aromatic rings. The number of aromatic nitrogens is 2. The van der Waals surface area contributed by atoms with E-state index in [2.05, 4.69) is 254 Å². The maximum absolute atomic E-state index is 7.26. The average Bonchev–Trinajstić information content (AvgIpc) is 4.10. The highest BCUT2D eigenvalue weighted by molar-refractivity contribution is 7.24. The number of benzene rings is 9. The zero-order chi connectivity index (χ0) is 47.4. The first-order chi connectivity index (χ1) is 34.8. The fourth-order valence-electron chi connectivity index (χ4n) is 11.8. The van der Waals surface area contributed by atoms with Crippen molar-refractivity contribution in [2.24, 2.45) is 0 Å². The van der Waals surface area contributed by atoms with E-state index in [-0.39, 0.29) is 5.41 Å². The maximum Gasteiger partial charge on any atom is 0.189 e. The molecular formula is C64H48N4O2Si. The highest BCUT2D eigenvalue weighted by atomic mass is 28.3. The van der Waals surface area contributed by atoms with Crippen molar-refractivity contribution in [2.45, 2.75) is 26.2 Å². The normalized spacial score (nSPS) is 14.0. The molecule has 340 valence electrons. The molecule has 6 nitrogen and oxygen atoms in total. The van der Waals surface area contributed by atoms with Crippen molar-refractivity contribution in [3.05, 3.63) is 230 Å². The number of rotatable bonds is 7. The molecule has 3 aliphatic rings. The molecule has 3 aliphatic heterocycles. The van der Waals surface area contributed by atoms with Gasteiger partial charge in [-0.25, -0.2) is 4.98 Å². The van der Waals surface area contributed by atoms with Crippen molar-refractivity contribution in [2.75, 3.05) is 16.5 Å². The smallest absolute Gasteiger partial charge is 0.189 e. The number of para-hydroxylation sites is 5. The predicted octanol–water partition coefficient (Wildman–Crippen LogP) is 13.6. The van der Waals surface area contributed by atoms with E-state index in [1.165, 1.54) is 65.0 Å². The molecule has 0 saturated heterocycles. The second-order valence-corrected chi connectivity index (χ2v) is 23.6. The van der Waals surface area contributed by atoms with Gasteiger partial charge in [-0.2, -0.15) is 0 Å². The van der Waals surface area contributed by atoms with Crippen molar-refractivity contribution in [3.8, 4) is 51.1 Å². The zero-order valence-corrected chi connectivity index (χ0v) is 40.7. The number of hydrogen-bond acceptors (Lipinski definition) is 5. The summed E-state index contributed by atoms with van der Waals surface area (Å²) < 4.78 is 16.4. The van der Waals surface area contributed by atoms with Crippen LogP contribution in [0, 0.1) is 0 Å². The molecule has 0 bridgehead atoms. The minimum absolute atomic E-state index is 0.0576. The minimum atomic E-state index is -2.95. The molecule has 1 spiro atoms. The lowest BCUT2D eigenvalue weighted by Gasteiger charge is -2.38. The third-order valence-corrected chi connectivity index (χ3v) is 19.8. The van der Waals surface area contributed by atoms with E-state index in [9.17, 15) is 0 Å². The van der Waals surface area contributed by atoms with Gasteiger partial charge in [-0.15, -0.1) is 0 Å². The van der Waals surface area contributed by atoms with Gasteiger partial charge in [0, 0.05) is 45.9 Å². The number of fused-ring (bicyclic) bond motifs is 7. The highest BCUT2D eigenvalue weighted by Gasteiger charge is 2.53. The Kier molecular flexibility index (Phi) is 9.13. The van der Waals surface area contributed by atoms with E-state index in [1.807, 2.05) is 6.20 Å². The van der Waals surface area contributed by atoms with E-state index in [1.54, 1.807) is 0 Å². The van der Waals surface area contributed by atoms with Crippen molar-refractivity contribution < 1.29 is 9.47 Å². The van der Waals surface area contributed by atoms with E-state index in [4.69, 9.17) is 14.5 Å². The summed E-state index contributed by atoms with van der Waals surface area (Å²) >= 11 is 0. The van der Waals surface area contributed by atoms with Crippen LogP contribution in [-0.4, -0.2) is 24.3 Å². The summed E-state index contributed by atoms with van der Waals surface area (Å²) in [5.74, 6) is 4.27. The Hall–Kier alpha value is -8.65. The van der Waals surface area contributed by atoms with Gasteiger partial charge in [-0.1, -0.05) is 166 Å². The van der Waals surface area contributed by atoms with Crippen LogP contribution in [0.1, 0.15) is 26.3 Å². The molecule has 0 fully saturated rings. The summed E-state index contributed by atoms with van der Waals surface area (Å²) in [5.41, 5.74) is 12.6. The van der Waals surface area contributed by atoms with Crippen molar-refractivity contribution in [1.82, 2.24) is 9.55 Å². The molecule has 5 heterocycles. The highest BCUT2D eigenvalue weighted by Crippen LogP contribution is 2.51. The lowest BCUT2D eigenvalue weighted by Crippen LogP contribution is -2.74. The number of hydrogen-bond donors (Lipinski definition) is 0. The second kappa shape index (κ2) is 15.7. The quantitative estimate of drug-likeness (QED) is 0.149. The fourth-order valence-corrected chi connectivity index (χ4v) is 17.2. The first-order valence-corrected chi connectivity index (χ1v) is 26.5. The molecule has 0 saturated carbocycles. The largest absolute Gasteiger partial charge is 0.458 e. The van der Waals surface area contributed by atoms with Crippen LogP contribution in [0.3, 0.4) is 0 Å². The second-order valence-electron chi connectivity index (χ2n) is 19.9. The maximum atomic E-state index is 7.26. The molecule has 0 unspecified atom stereocenters. The summed E-state index contributed by atoms with van der Waals surface area (Å²) in [6.07, 6.45) is 1.96. The summed E-state index contributed by atoms with van der Waals surface area (Å²) in [4.78, 5) is 9.97. The van der Waals surface area contributed by atoms with Gasteiger partial charge < -0.3 is 19.3 Å².